The molecule has 3 fully saturated rings. The van der Waals surface area contributed by atoms with Crippen molar-refractivity contribution in [3.05, 3.63) is 58.9 Å². The van der Waals surface area contributed by atoms with Gasteiger partial charge in [0.2, 0.25) is 0 Å². The lowest BCUT2D eigenvalue weighted by Gasteiger charge is -2.32. The molecule has 1 aromatic carbocycles. The maximum absolute atomic E-state index is 13.4. The first-order valence-corrected chi connectivity index (χ1v) is 17.2. The van der Waals surface area contributed by atoms with Crippen LogP contribution in [0.25, 0.3) is 5.52 Å². The van der Waals surface area contributed by atoms with Gasteiger partial charge in [0.1, 0.15) is 18.1 Å². The molecule has 11 heteroatoms. The summed E-state index contributed by atoms with van der Waals surface area (Å²) in [5.74, 6) is 0.965. The summed E-state index contributed by atoms with van der Waals surface area (Å²) in [7, 11) is 2.17. The number of carbonyl (C=O) groups excluding carboxylic acids is 2. The van der Waals surface area contributed by atoms with Gasteiger partial charge in [-0.2, -0.15) is 5.10 Å². The summed E-state index contributed by atoms with van der Waals surface area (Å²) in [6.45, 7) is 9.10. The van der Waals surface area contributed by atoms with Gasteiger partial charge in [-0.3, -0.25) is 9.59 Å². The average Bonchev–Trinajstić information content (AvgIpc) is 3.78. The van der Waals surface area contributed by atoms with Crippen molar-refractivity contribution in [2.24, 2.45) is 5.73 Å². The first-order valence-electron chi connectivity index (χ1n) is 17.2. The van der Waals surface area contributed by atoms with Crippen LogP contribution < -0.4 is 20.5 Å². The van der Waals surface area contributed by atoms with Crippen molar-refractivity contribution < 1.29 is 24.2 Å². The highest BCUT2D eigenvalue weighted by molar-refractivity contribution is 6.01. The van der Waals surface area contributed by atoms with Crippen LogP contribution in [0.1, 0.15) is 96.7 Å². The normalized spacial score (nSPS) is 21.1. The number of hydrogen-bond donors (Lipinski definition) is 3. The van der Waals surface area contributed by atoms with E-state index in [1.807, 2.05) is 28.8 Å². The second-order valence-corrected chi connectivity index (χ2v) is 14.3. The number of primary amides is 1. The van der Waals surface area contributed by atoms with Crippen LogP contribution in [-0.4, -0.2) is 100 Å². The van der Waals surface area contributed by atoms with Gasteiger partial charge in [0.25, 0.3) is 11.8 Å². The monoisotopic (exact) mass is 646 g/mol. The number of ether oxygens (including phenoxy) is 2. The van der Waals surface area contributed by atoms with E-state index in [1.54, 1.807) is 26.1 Å². The summed E-state index contributed by atoms with van der Waals surface area (Å²) in [5.41, 5.74) is 8.56. The van der Waals surface area contributed by atoms with E-state index in [4.69, 9.17) is 15.2 Å². The number of aryl methyl sites for hydroxylation is 1. The molecule has 0 bridgehead atoms. The molecule has 254 valence electrons. The first kappa shape index (κ1) is 33.2. The highest BCUT2D eigenvalue weighted by atomic mass is 16.5. The van der Waals surface area contributed by atoms with Gasteiger partial charge in [-0.1, -0.05) is 6.07 Å². The lowest BCUT2D eigenvalue weighted by atomic mass is 9.92. The molecule has 4 N–H and O–H groups in total. The van der Waals surface area contributed by atoms with Crippen LogP contribution in [0.3, 0.4) is 0 Å². The average molecular weight is 647 g/mol. The molecule has 2 aliphatic carbocycles. The Morgan fingerprint density at radius 3 is 2.43 bits per heavy atom. The van der Waals surface area contributed by atoms with Gasteiger partial charge >= 0.3 is 0 Å². The standard InChI is InChI=1S/C36H50N6O5/c1-36(2,45)23-46-31-15-14-30-29(22-38-42(30)33(31)25-7-8-25)35(44)39-26-9-11-27(12-10-26)47-32-21-24(6-13-28(32)34(37)43)5-4-16-41-19-17-40(3)18-20-41/h6,13-15,21-22,25-27,45H,4-5,7-12,16-20,23H2,1-3H3,(H2,37,43)(H,39,44). The smallest absolute Gasteiger partial charge is 0.255 e. The van der Waals surface area contributed by atoms with Crippen LogP contribution in [0.5, 0.6) is 11.5 Å². The Morgan fingerprint density at radius 2 is 1.74 bits per heavy atom. The number of piperazine rings is 1. The van der Waals surface area contributed by atoms with Crippen LogP contribution in [0.2, 0.25) is 0 Å². The molecule has 11 nitrogen and oxygen atoms in total. The molecule has 0 atom stereocenters. The molecule has 3 aromatic rings. The minimum Gasteiger partial charge on any atom is -0.490 e. The predicted octanol–water partition coefficient (Wildman–Crippen LogP) is 3.76. The van der Waals surface area contributed by atoms with Crippen LogP contribution in [0.4, 0.5) is 0 Å². The number of rotatable bonds is 13. The Morgan fingerprint density at radius 1 is 1.00 bits per heavy atom. The Balaban J connectivity index is 1.03. The summed E-state index contributed by atoms with van der Waals surface area (Å²) < 4.78 is 14.2. The van der Waals surface area contributed by atoms with E-state index in [0.717, 1.165) is 101 Å². The number of carbonyl (C=O) groups is 2. The molecule has 47 heavy (non-hydrogen) atoms. The number of likely N-dealkylation sites (N-methyl/N-ethyl adjacent to an activating group) is 1. The zero-order chi connectivity index (χ0) is 33.1. The highest BCUT2D eigenvalue weighted by Gasteiger charge is 2.32. The van der Waals surface area contributed by atoms with Gasteiger partial charge in [0.15, 0.2) is 0 Å². The van der Waals surface area contributed by atoms with Crippen LogP contribution >= 0.6 is 0 Å². The van der Waals surface area contributed by atoms with E-state index < -0.39 is 11.5 Å². The lowest BCUT2D eigenvalue weighted by Crippen LogP contribution is -2.44. The van der Waals surface area contributed by atoms with Gasteiger partial charge in [-0.05, 0) is 109 Å². The zero-order valence-electron chi connectivity index (χ0n) is 28.0. The molecule has 0 spiro atoms. The fraction of sp³-hybridized carbons (Fsp3) is 0.583. The molecule has 3 aliphatic rings. The number of hydrogen-bond acceptors (Lipinski definition) is 8. The maximum Gasteiger partial charge on any atom is 0.255 e. The van der Waals surface area contributed by atoms with Gasteiger partial charge in [-0.15, -0.1) is 0 Å². The molecule has 0 radical (unpaired) electrons. The molecular weight excluding hydrogens is 596 g/mol. The van der Waals surface area contributed by atoms with E-state index in [2.05, 4.69) is 27.3 Å². The minimum atomic E-state index is -0.951. The van der Waals surface area contributed by atoms with Crippen molar-refractivity contribution in [2.75, 3.05) is 46.4 Å². The van der Waals surface area contributed by atoms with E-state index in [1.165, 1.54) is 0 Å². The number of benzene rings is 1. The van der Waals surface area contributed by atoms with E-state index >= 15 is 0 Å². The summed E-state index contributed by atoms with van der Waals surface area (Å²) in [6, 6.07) is 9.54. The molecule has 6 rings (SSSR count). The summed E-state index contributed by atoms with van der Waals surface area (Å²) in [5, 5.41) is 18.0. The quantitative estimate of drug-likeness (QED) is 0.256. The number of aliphatic hydroxyl groups is 1. The Hall–Kier alpha value is -3.67. The number of aromatic nitrogens is 2. The fourth-order valence-corrected chi connectivity index (χ4v) is 6.71. The maximum atomic E-state index is 13.4. The van der Waals surface area contributed by atoms with E-state index in [9.17, 15) is 14.7 Å². The van der Waals surface area contributed by atoms with Crippen molar-refractivity contribution in [3.63, 3.8) is 0 Å². The lowest BCUT2D eigenvalue weighted by molar-refractivity contribution is 0.0279. The fourth-order valence-electron chi connectivity index (χ4n) is 6.71. The van der Waals surface area contributed by atoms with E-state index in [0.29, 0.717) is 28.5 Å². The van der Waals surface area contributed by atoms with E-state index in [-0.39, 0.29) is 24.7 Å². The second-order valence-electron chi connectivity index (χ2n) is 14.3. The third-order valence-electron chi connectivity index (χ3n) is 9.62. The first-order chi connectivity index (χ1) is 22.5. The number of nitrogens with zero attached hydrogens (tertiary/aromatic N) is 4. The predicted molar refractivity (Wildman–Crippen MR) is 180 cm³/mol. The van der Waals surface area contributed by atoms with Crippen LogP contribution in [0, 0.1) is 0 Å². The van der Waals surface area contributed by atoms with Crippen molar-refractivity contribution in [3.8, 4) is 11.5 Å². The number of amides is 2. The zero-order valence-corrected chi connectivity index (χ0v) is 28.0. The molecule has 1 aliphatic heterocycles. The number of nitrogens with one attached hydrogen (secondary N) is 1. The van der Waals surface area contributed by atoms with Gasteiger partial charge in [-0.25, -0.2) is 4.52 Å². The van der Waals surface area contributed by atoms with Crippen molar-refractivity contribution in [2.45, 2.75) is 88.9 Å². The topological polar surface area (TPSA) is 135 Å². The Labute approximate surface area is 277 Å². The molecule has 2 aromatic heterocycles. The second kappa shape index (κ2) is 14.2. The minimum absolute atomic E-state index is 0.0196. The van der Waals surface area contributed by atoms with Crippen molar-refractivity contribution >= 4 is 17.3 Å². The summed E-state index contributed by atoms with van der Waals surface area (Å²) in [6.07, 6.45) is 8.72. The van der Waals surface area contributed by atoms with Crippen LogP contribution in [-0.2, 0) is 6.42 Å². The number of pyridine rings is 1. The van der Waals surface area contributed by atoms with Gasteiger partial charge in [0, 0.05) is 38.1 Å². The largest absolute Gasteiger partial charge is 0.490 e. The van der Waals surface area contributed by atoms with Gasteiger partial charge < -0.3 is 35.4 Å². The molecule has 0 unspecified atom stereocenters. The Kier molecular flexibility index (Phi) is 10.1. The molecular formula is C36H50N6O5. The van der Waals surface area contributed by atoms with Crippen LogP contribution in [0.15, 0.2) is 36.5 Å². The number of nitrogens with two attached hydrogens (primary N) is 1. The van der Waals surface area contributed by atoms with Crippen molar-refractivity contribution in [1.29, 1.82) is 0 Å². The molecule has 3 heterocycles. The molecule has 2 saturated carbocycles. The number of fused-ring (bicyclic) bond motifs is 1. The highest BCUT2D eigenvalue weighted by Crippen LogP contribution is 2.44. The third-order valence-corrected chi connectivity index (χ3v) is 9.62. The van der Waals surface area contributed by atoms with Gasteiger partial charge in [0.05, 0.1) is 40.2 Å². The molecule has 1 saturated heterocycles. The summed E-state index contributed by atoms with van der Waals surface area (Å²) in [4.78, 5) is 30.5. The van der Waals surface area contributed by atoms with Crippen molar-refractivity contribution in [1.82, 2.24) is 24.7 Å². The Bertz CT molecular complexity index is 1560. The third kappa shape index (κ3) is 8.44. The SMILES string of the molecule is CN1CCN(CCCc2ccc(C(N)=O)c(OC3CCC(NC(=O)c4cnn5c(C6CC6)c(OCC(C)(C)O)ccc45)CC3)c2)CC1. The summed E-state index contributed by atoms with van der Waals surface area (Å²) >= 11 is 0. The molecule has 2 amide bonds.